The van der Waals surface area contributed by atoms with Crippen LogP contribution in [0.25, 0.3) is 0 Å². The number of carbonyl (C=O) groups excluding carboxylic acids is 1. The minimum Gasteiger partial charge on any atom is -0.480 e. The number of halogens is 3. The van der Waals surface area contributed by atoms with Gasteiger partial charge < -0.3 is 15.5 Å². The Morgan fingerprint density at radius 1 is 1.10 bits per heavy atom. The van der Waals surface area contributed by atoms with Crippen LogP contribution in [0.15, 0.2) is 48.5 Å². The lowest BCUT2D eigenvalue weighted by molar-refractivity contribution is -0.385. The zero-order valence-corrected chi connectivity index (χ0v) is 14.6. The largest absolute Gasteiger partial charge is 0.480 e. The Labute approximate surface area is 161 Å². The summed E-state index contributed by atoms with van der Waals surface area (Å²) in [4.78, 5) is 33.9. The third-order valence-electron chi connectivity index (χ3n) is 4.03. The molecular formula is C18H15F3N2O6. The normalized spacial score (nSPS) is 13.4. The van der Waals surface area contributed by atoms with Crippen molar-refractivity contribution in [3.63, 3.8) is 0 Å². The fraction of sp³-hybridized carbons (Fsp3) is 0.222. The fourth-order valence-corrected chi connectivity index (χ4v) is 2.54. The summed E-state index contributed by atoms with van der Waals surface area (Å²) >= 11 is 0. The van der Waals surface area contributed by atoms with Gasteiger partial charge in [-0.15, -0.1) is 0 Å². The van der Waals surface area contributed by atoms with Crippen LogP contribution < -0.4 is 5.32 Å². The van der Waals surface area contributed by atoms with Gasteiger partial charge in [-0.3, -0.25) is 14.9 Å². The minimum atomic E-state index is -4.59. The van der Waals surface area contributed by atoms with Gasteiger partial charge in [0, 0.05) is 18.1 Å². The number of carboxylic acids is 1. The van der Waals surface area contributed by atoms with Gasteiger partial charge in [-0.05, 0) is 17.7 Å². The summed E-state index contributed by atoms with van der Waals surface area (Å²) in [6, 6.07) is 6.88. The first-order chi connectivity index (χ1) is 13.5. The summed E-state index contributed by atoms with van der Waals surface area (Å²) in [6.07, 6.45) is -6.95. The molecular weight excluding hydrogens is 397 g/mol. The van der Waals surface area contributed by atoms with Crippen molar-refractivity contribution in [2.24, 2.45) is 0 Å². The number of aliphatic hydroxyl groups excluding tert-OH is 1. The first kappa shape index (κ1) is 21.8. The summed E-state index contributed by atoms with van der Waals surface area (Å²) in [6.45, 7) is 0. The Morgan fingerprint density at radius 2 is 1.69 bits per heavy atom. The third-order valence-corrected chi connectivity index (χ3v) is 4.03. The zero-order valence-electron chi connectivity index (χ0n) is 14.6. The predicted octanol–water partition coefficient (Wildman–Crippen LogP) is 2.46. The van der Waals surface area contributed by atoms with Gasteiger partial charge in [0.2, 0.25) is 0 Å². The standard InChI is InChI=1S/C18H15F3N2O6/c19-18(20,21)12-7-5-10(6-8-12)15(24)16(25)22-13(17(26)27)9-11-3-1-2-4-14(11)23(28)29/h1-8,13,15,24H,9H2,(H,22,25)(H,26,27)/t13-,15-/m0/s1. The van der Waals surface area contributed by atoms with Gasteiger partial charge in [-0.2, -0.15) is 13.2 Å². The van der Waals surface area contributed by atoms with Crippen molar-refractivity contribution in [1.29, 1.82) is 0 Å². The maximum absolute atomic E-state index is 12.6. The molecule has 0 radical (unpaired) electrons. The number of carbonyl (C=O) groups is 2. The fourth-order valence-electron chi connectivity index (χ4n) is 2.54. The number of amides is 1. The van der Waals surface area contributed by atoms with Crippen LogP contribution in [0.1, 0.15) is 22.8 Å². The molecule has 0 saturated heterocycles. The van der Waals surface area contributed by atoms with Crippen molar-refractivity contribution in [1.82, 2.24) is 5.32 Å². The molecule has 29 heavy (non-hydrogen) atoms. The number of carboxylic acid groups (broad SMARTS) is 1. The van der Waals surface area contributed by atoms with Gasteiger partial charge in [0.05, 0.1) is 10.5 Å². The minimum absolute atomic E-state index is 0.0502. The molecule has 0 spiro atoms. The number of nitro benzene ring substituents is 1. The number of nitrogens with one attached hydrogen (secondary N) is 1. The molecule has 0 unspecified atom stereocenters. The molecule has 8 nitrogen and oxygen atoms in total. The molecule has 3 N–H and O–H groups in total. The van der Waals surface area contributed by atoms with E-state index in [1.807, 2.05) is 5.32 Å². The van der Waals surface area contributed by atoms with Crippen molar-refractivity contribution >= 4 is 17.6 Å². The summed E-state index contributed by atoms with van der Waals surface area (Å²) in [7, 11) is 0. The molecule has 11 heteroatoms. The Bertz CT molecular complexity index is 915. The van der Waals surface area contributed by atoms with Crippen LogP contribution in [0.3, 0.4) is 0 Å². The number of aliphatic carboxylic acids is 1. The van der Waals surface area contributed by atoms with E-state index in [-0.39, 0.29) is 16.8 Å². The molecule has 0 saturated carbocycles. The van der Waals surface area contributed by atoms with E-state index in [0.29, 0.717) is 12.1 Å². The summed E-state index contributed by atoms with van der Waals surface area (Å²) in [5.74, 6) is -2.67. The first-order valence-electron chi connectivity index (χ1n) is 8.11. The summed E-state index contributed by atoms with van der Waals surface area (Å²) in [5.41, 5.74) is -1.44. The molecule has 0 fully saturated rings. The van der Waals surface area contributed by atoms with E-state index in [1.54, 1.807) is 0 Å². The summed E-state index contributed by atoms with van der Waals surface area (Å²) < 4.78 is 37.7. The second-order valence-electron chi connectivity index (χ2n) is 6.01. The van der Waals surface area contributed by atoms with Crippen LogP contribution in [0.4, 0.5) is 18.9 Å². The molecule has 0 aliphatic heterocycles. The topological polar surface area (TPSA) is 130 Å². The Kier molecular flexibility index (Phi) is 6.54. The van der Waals surface area contributed by atoms with Crippen molar-refractivity contribution in [3.8, 4) is 0 Å². The van der Waals surface area contributed by atoms with Crippen molar-refractivity contribution in [2.45, 2.75) is 24.7 Å². The molecule has 0 heterocycles. The third kappa shape index (κ3) is 5.51. The SMILES string of the molecule is O=C(O)[C@H](Cc1ccccc1[N+](=O)[O-])NC(=O)[C@@H](O)c1ccc(C(F)(F)F)cc1. The van der Waals surface area contributed by atoms with E-state index >= 15 is 0 Å². The number of nitro groups is 1. The molecule has 0 aromatic heterocycles. The van der Waals surface area contributed by atoms with E-state index in [0.717, 1.165) is 12.1 Å². The lowest BCUT2D eigenvalue weighted by Crippen LogP contribution is -2.44. The highest BCUT2D eigenvalue weighted by Gasteiger charge is 2.31. The van der Waals surface area contributed by atoms with E-state index < -0.39 is 47.1 Å². The van der Waals surface area contributed by atoms with Crippen LogP contribution in [0.5, 0.6) is 0 Å². The first-order valence-corrected chi connectivity index (χ1v) is 8.11. The molecule has 2 atom stereocenters. The van der Waals surface area contributed by atoms with Crippen LogP contribution in [0.2, 0.25) is 0 Å². The van der Waals surface area contributed by atoms with Crippen molar-refractivity contribution < 1.29 is 37.9 Å². The second-order valence-corrected chi connectivity index (χ2v) is 6.01. The van der Waals surface area contributed by atoms with E-state index in [4.69, 9.17) is 0 Å². The van der Waals surface area contributed by atoms with Crippen molar-refractivity contribution in [2.75, 3.05) is 0 Å². The van der Waals surface area contributed by atoms with E-state index in [9.17, 15) is 43.1 Å². The number of alkyl halides is 3. The Balaban J connectivity index is 2.15. The molecule has 154 valence electrons. The van der Waals surface area contributed by atoms with Gasteiger partial charge in [0.1, 0.15) is 6.04 Å². The lowest BCUT2D eigenvalue weighted by atomic mass is 10.0. The Hall–Kier alpha value is -3.47. The van der Waals surface area contributed by atoms with Crippen molar-refractivity contribution in [3.05, 3.63) is 75.3 Å². The number of hydrogen-bond donors (Lipinski definition) is 3. The maximum atomic E-state index is 12.6. The highest BCUT2D eigenvalue weighted by Crippen LogP contribution is 2.30. The van der Waals surface area contributed by atoms with E-state index in [1.165, 1.54) is 24.3 Å². The monoisotopic (exact) mass is 412 g/mol. The maximum Gasteiger partial charge on any atom is 0.416 e. The predicted molar refractivity (Wildman–Crippen MR) is 92.8 cm³/mol. The van der Waals surface area contributed by atoms with Gasteiger partial charge in [-0.1, -0.05) is 30.3 Å². The highest BCUT2D eigenvalue weighted by molar-refractivity contribution is 5.87. The molecule has 0 bridgehead atoms. The van der Waals surface area contributed by atoms with Gasteiger partial charge >= 0.3 is 12.1 Å². The average Bonchev–Trinajstić information content (AvgIpc) is 2.66. The molecule has 0 aliphatic carbocycles. The average molecular weight is 412 g/mol. The van der Waals surface area contributed by atoms with Crippen LogP contribution >= 0.6 is 0 Å². The quantitative estimate of drug-likeness (QED) is 0.473. The zero-order chi connectivity index (χ0) is 21.8. The number of aliphatic hydroxyl groups is 1. The van der Waals surface area contributed by atoms with Crippen LogP contribution in [-0.2, 0) is 22.2 Å². The molecule has 2 rings (SSSR count). The molecule has 0 aliphatic rings. The Morgan fingerprint density at radius 3 is 2.21 bits per heavy atom. The number of hydrogen-bond acceptors (Lipinski definition) is 5. The van der Waals surface area contributed by atoms with Crippen LogP contribution in [-0.4, -0.2) is 33.1 Å². The number of nitrogens with zero attached hydrogens (tertiary/aromatic N) is 1. The number of benzene rings is 2. The van der Waals surface area contributed by atoms with E-state index in [2.05, 4.69) is 0 Å². The molecule has 1 amide bonds. The smallest absolute Gasteiger partial charge is 0.416 e. The number of rotatable bonds is 7. The summed E-state index contributed by atoms with van der Waals surface area (Å²) in [5, 5.41) is 32.4. The number of para-hydroxylation sites is 1. The van der Waals surface area contributed by atoms with Crippen LogP contribution in [0, 0.1) is 10.1 Å². The lowest BCUT2D eigenvalue weighted by Gasteiger charge is -2.18. The molecule has 2 aromatic carbocycles. The molecule has 2 aromatic rings. The van der Waals surface area contributed by atoms with Gasteiger partial charge in [0.25, 0.3) is 11.6 Å². The highest BCUT2D eigenvalue weighted by atomic mass is 19.4. The van der Waals surface area contributed by atoms with Gasteiger partial charge in [0.15, 0.2) is 6.10 Å². The second kappa shape index (κ2) is 8.69. The van der Waals surface area contributed by atoms with Gasteiger partial charge in [-0.25, -0.2) is 4.79 Å².